The molecule has 0 spiro atoms. The summed E-state index contributed by atoms with van der Waals surface area (Å²) in [5, 5.41) is 0. The average molecular weight is 817 g/mol. The summed E-state index contributed by atoms with van der Waals surface area (Å²) in [5.74, 6) is -1.02. The van der Waals surface area contributed by atoms with Gasteiger partial charge in [-0.2, -0.15) is 0 Å². The fraction of sp³-hybridized carbons (Fsp3) is 0.604. The fourth-order valence-electron chi connectivity index (χ4n) is 5.93. The molecule has 0 aliphatic rings. The van der Waals surface area contributed by atoms with E-state index in [4.69, 9.17) is 14.2 Å². The first kappa shape index (κ1) is 55.1. The number of rotatable bonds is 40. The smallest absolute Gasteiger partial charge is 0.306 e. The van der Waals surface area contributed by atoms with E-state index in [2.05, 4.69) is 75.5 Å². The summed E-state index contributed by atoms with van der Waals surface area (Å²) in [5.41, 5.74) is 0. The van der Waals surface area contributed by atoms with Gasteiger partial charge < -0.3 is 14.2 Å². The maximum absolute atomic E-state index is 12.7. The molecule has 6 heteroatoms. The summed E-state index contributed by atoms with van der Waals surface area (Å²) >= 11 is 0. The molecule has 0 heterocycles. The number of hydrogen-bond acceptors (Lipinski definition) is 6. The third-order valence-electron chi connectivity index (χ3n) is 9.40. The standard InChI is InChI=1S/C53H84O6/c1-4-7-10-13-16-19-21-23-24-25-26-27-28-30-31-34-37-40-43-46-52(55)58-49-50(48-57-51(54)45-42-39-36-33-18-15-12-9-6-3)59-53(56)47-44-41-38-35-32-29-22-20-17-14-11-8-5-2/h7-8,10-11,14,16-17,19-20,22-24,26-27,29,32,35,38,50H,4-6,9,12-13,15,18,21,25,28,30-31,33-34,36-37,39-49H2,1-3H3/b10-7-,11-8-,17-14-,19-16-,22-20-,24-23-,27-26-,32-29-,38-35-. The molecule has 59 heavy (non-hydrogen) atoms. The largest absolute Gasteiger partial charge is 0.462 e. The van der Waals surface area contributed by atoms with Gasteiger partial charge >= 0.3 is 17.9 Å². The van der Waals surface area contributed by atoms with Gasteiger partial charge in [-0.1, -0.05) is 207 Å². The highest BCUT2D eigenvalue weighted by atomic mass is 16.6. The van der Waals surface area contributed by atoms with Crippen molar-refractivity contribution >= 4 is 17.9 Å². The Morgan fingerprint density at radius 1 is 0.373 bits per heavy atom. The summed E-state index contributed by atoms with van der Waals surface area (Å²) in [7, 11) is 0. The van der Waals surface area contributed by atoms with Crippen LogP contribution in [0.4, 0.5) is 0 Å². The Hall–Kier alpha value is -3.93. The molecular formula is C53H84O6. The van der Waals surface area contributed by atoms with E-state index in [1.165, 1.54) is 51.4 Å². The Bertz CT molecular complexity index is 1260. The molecule has 1 unspecified atom stereocenters. The highest BCUT2D eigenvalue weighted by Gasteiger charge is 2.19. The van der Waals surface area contributed by atoms with Gasteiger partial charge in [0.25, 0.3) is 0 Å². The molecule has 0 fully saturated rings. The third kappa shape index (κ3) is 45.0. The number of carbonyl (C=O) groups is 3. The maximum atomic E-state index is 12.7. The van der Waals surface area contributed by atoms with Crippen LogP contribution in [-0.2, 0) is 28.6 Å². The first-order chi connectivity index (χ1) is 29.0. The molecule has 0 N–H and O–H groups in total. The molecular weight excluding hydrogens is 733 g/mol. The molecule has 0 radical (unpaired) electrons. The van der Waals surface area contributed by atoms with E-state index in [9.17, 15) is 14.4 Å². The molecule has 0 amide bonds. The summed E-state index contributed by atoms with van der Waals surface area (Å²) in [6, 6.07) is 0. The van der Waals surface area contributed by atoms with Gasteiger partial charge in [0.15, 0.2) is 6.10 Å². The van der Waals surface area contributed by atoms with Crippen LogP contribution in [0, 0.1) is 0 Å². The van der Waals surface area contributed by atoms with Gasteiger partial charge in [0.1, 0.15) is 13.2 Å². The lowest BCUT2D eigenvalue weighted by atomic mass is 10.1. The summed E-state index contributed by atoms with van der Waals surface area (Å²) in [4.78, 5) is 37.7. The minimum Gasteiger partial charge on any atom is -0.462 e. The first-order valence-electron chi connectivity index (χ1n) is 23.5. The van der Waals surface area contributed by atoms with Gasteiger partial charge in [0, 0.05) is 19.3 Å². The van der Waals surface area contributed by atoms with Crippen molar-refractivity contribution in [1.29, 1.82) is 0 Å². The minimum absolute atomic E-state index is 0.113. The van der Waals surface area contributed by atoms with Crippen LogP contribution in [0.15, 0.2) is 109 Å². The third-order valence-corrected chi connectivity index (χ3v) is 9.40. The highest BCUT2D eigenvalue weighted by Crippen LogP contribution is 2.13. The van der Waals surface area contributed by atoms with Gasteiger partial charge in [0.2, 0.25) is 0 Å². The van der Waals surface area contributed by atoms with Crippen molar-refractivity contribution in [2.75, 3.05) is 13.2 Å². The van der Waals surface area contributed by atoms with E-state index in [0.29, 0.717) is 19.3 Å². The van der Waals surface area contributed by atoms with Crippen molar-refractivity contribution < 1.29 is 28.6 Å². The topological polar surface area (TPSA) is 78.9 Å². The Labute approximate surface area is 361 Å². The molecule has 6 nitrogen and oxygen atoms in total. The summed E-state index contributed by atoms with van der Waals surface area (Å²) < 4.78 is 16.6. The van der Waals surface area contributed by atoms with Crippen molar-refractivity contribution in [3.63, 3.8) is 0 Å². The Morgan fingerprint density at radius 3 is 1.27 bits per heavy atom. The summed E-state index contributed by atoms with van der Waals surface area (Å²) in [6.45, 7) is 6.26. The zero-order valence-corrected chi connectivity index (χ0v) is 37.7. The van der Waals surface area contributed by atoms with Gasteiger partial charge in [-0.05, 0) is 70.6 Å². The van der Waals surface area contributed by atoms with Gasteiger partial charge in [0.05, 0.1) is 0 Å². The highest BCUT2D eigenvalue weighted by molar-refractivity contribution is 5.71. The average Bonchev–Trinajstić information content (AvgIpc) is 3.23. The predicted octanol–water partition coefficient (Wildman–Crippen LogP) is 15.2. The Balaban J connectivity index is 4.46. The summed E-state index contributed by atoms with van der Waals surface area (Å²) in [6.07, 6.45) is 62.2. The molecule has 0 aliphatic carbocycles. The molecule has 0 aromatic heterocycles. The van der Waals surface area contributed by atoms with Crippen LogP contribution in [0.1, 0.15) is 188 Å². The van der Waals surface area contributed by atoms with Crippen LogP contribution in [-0.4, -0.2) is 37.2 Å². The first-order valence-corrected chi connectivity index (χ1v) is 23.5. The molecule has 332 valence electrons. The zero-order chi connectivity index (χ0) is 43.0. The van der Waals surface area contributed by atoms with Gasteiger partial charge in [-0.25, -0.2) is 0 Å². The number of ether oxygens (including phenoxy) is 3. The van der Waals surface area contributed by atoms with E-state index in [0.717, 1.165) is 89.9 Å². The number of hydrogen-bond donors (Lipinski definition) is 0. The van der Waals surface area contributed by atoms with Gasteiger partial charge in [-0.15, -0.1) is 0 Å². The lowest BCUT2D eigenvalue weighted by molar-refractivity contribution is -0.167. The van der Waals surface area contributed by atoms with Gasteiger partial charge in [-0.3, -0.25) is 14.4 Å². The molecule has 0 bridgehead atoms. The van der Waals surface area contributed by atoms with Crippen molar-refractivity contribution in [2.45, 2.75) is 194 Å². The SMILES string of the molecule is CC\C=C/C=C\C=C/C=C\C=C/CCCC(=O)OC(COC(=O)CCCCCCCC/C=C\C/C=C\C/C=C\C/C=C\CC)COC(=O)CCCCCCCCCCC. The van der Waals surface area contributed by atoms with Crippen LogP contribution >= 0.6 is 0 Å². The second-order valence-corrected chi connectivity index (χ2v) is 15.0. The van der Waals surface area contributed by atoms with Crippen LogP contribution in [0.2, 0.25) is 0 Å². The lowest BCUT2D eigenvalue weighted by Crippen LogP contribution is -2.30. The fourth-order valence-corrected chi connectivity index (χ4v) is 5.93. The van der Waals surface area contributed by atoms with Crippen LogP contribution < -0.4 is 0 Å². The molecule has 1 atom stereocenters. The normalized spacial score (nSPS) is 13.1. The predicted molar refractivity (Wildman–Crippen MR) is 251 cm³/mol. The van der Waals surface area contributed by atoms with E-state index in [1.54, 1.807) is 0 Å². The minimum atomic E-state index is -0.819. The van der Waals surface area contributed by atoms with Crippen LogP contribution in [0.5, 0.6) is 0 Å². The zero-order valence-electron chi connectivity index (χ0n) is 37.7. The Kier molecular flexibility index (Phi) is 43.6. The number of unbranched alkanes of at least 4 members (excludes halogenated alkanes) is 15. The van der Waals surface area contributed by atoms with Crippen LogP contribution in [0.25, 0.3) is 0 Å². The second kappa shape index (κ2) is 46.8. The second-order valence-electron chi connectivity index (χ2n) is 15.0. The van der Waals surface area contributed by atoms with E-state index in [1.807, 2.05) is 54.7 Å². The van der Waals surface area contributed by atoms with E-state index in [-0.39, 0.29) is 37.5 Å². The molecule has 0 aliphatic heterocycles. The van der Waals surface area contributed by atoms with Crippen molar-refractivity contribution in [3.05, 3.63) is 109 Å². The van der Waals surface area contributed by atoms with Crippen molar-refractivity contribution in [3.8, 4) is 0 Å². The molecule has 0 aromatic carbocycles. The molecule has 0 saturated carbocycles. The number of esters is 3. The molecule has 0 aromatic rings. The maximum Gasteiger partial charge on any atom is 0.306 e. The Morgan fingerprint density at radius 2 is 0.763 bits per heavy atom. The lowest BCUT2D eigenvalue weighted by Gasteiger charge is -2.18. The molecule has 0 rings (SSSR count). The number of allylic oxidation sites excluding steroid dienone is 18. The van der Waals surface area contributed by atoms with Crippen LogP contribution in [0.3, 0.4) is 0 Å². The van der Waals surface area contributed by atoms with E-state index >= 15 is 0 Å². The van der Waals surface area contributed by atoms with Crippen molar-refractivity contribution in [2.24, 2.45) is 0 Å². The quantitative estimate of drug-likeness (QED) is 0.0201. The molecule has 0 saturated heterocycles. The monoisotopic (exact) mass is 817 g/mol. The number of carbonyl (C=O) groups excluding carboxylic acids is 3. The van der Waals surface area contributed by atoms with E-state index < -0.39 is 6.10 Å². The van der Waals surface area contributed by atoms with Crippen molar-refractivity contribution in [1.82, 2.24) is 0 Å².